The van der Waals surface area contributed by atoms with Gasteiger partial charge in [-0.1, -0.05) is 60.7 Å². The zero-order valence-electron chi connectivity index (χ0n) is 12.1. The van der Waals surface area contributed by atoms with Crippen LogP contribution in [-0.2, 0) is 0 Å². The van der Waals surface area contributed by atoms with Crippen LogP contribution in [-0.4, -0.2) is 5.91 Å². The minimum atomic E-state index is -0.557. The molecule has 0 fully saturated rings. The molecule has 1 amide bonds. The summed E-state index contributed by atoms with van der Waals surface area (Å²) < 4.78 is 0. The van der Waals surface area contributed by atoms with Gasteiger partial charge in [-0.25, -0.2) is 0 Å². The van der Waals surface area contributed by atoms with Crippen molar-refractivity contribution in [1.29, 1.82) is 0 Å². The minimum Gasteiger partial charge on any atom is -0.287 e. The molecule has 0 radical (unpaired) electrons. The maximum atomic E-state index is 12.1. The Labute approximate surface area is 131 Å². The van der Waals surface area contributed by atoms with Gasteiger partial charge in [0.05, 0.1) is 0 Å². The molecule has 4 nitrogen and oxygen atoms in total. The molecule has 4 rings (SSSR count). The molecule has 0 atom stereocenters. The average Bonchev–Trinajstić information content (AvgIpc) is 2.60. The summed E-state index contributed by atoms with van der Waals surface area (Å²) in [5.41, 5.74) is 8.99. The van der Waals surface area contributed by atoms with Gasteiger partial charge in [0.25, 0.3) is 0 Å². The van der Waals surface area contributed by atoms with Crippen molar-refractivity contribution < 1.29 is 4.79 Å². The Kier molecular flexibility index (Phi) is 2.97. The van der Waals surface area contributed by atoms with E-state index < -0.39 is 5.91 Å². The molecule has 4 aromatic rings. The van der Waals surface area contributed by atoms with Crippen LogP contribution in [0.3, 0.4) is 0 Å². The van der Waals surface area contributed by atoms with E-state index in [1.165, 1.54) is 0 Å². The molecule has 0 N–H and O–H groups in total. The second-order valence-electron chi connectivity index (χ2n) is 5.35. The molecule has 0 heterocycles. The van der Waals surface area contributed by atoms with Crippen LogP contribution in [0.25, 0.3) is 42.8 Å². The van der Waals surface area contributed by atoms with Crippen LogP contribution in [0.2, 0.25) is 0 Å². The van der Waals surface area contributed by atoms with Gasteiger partial charge in [-0.2, -0.15) is 0 Å². The van der Waals surface area contributed by atoms with Crippen LogP contribution >= 0.6 is 0 Å². The molecule has 0 saturated heterocycles. The van der Waals surface area contributed by atoms with Gasteiger partial charge in [-0.05, 0) is 49.0 Å². The lowest BCUT2D eigenvalue weighted by molar-refractivity contribution is 0.100. The standard InChI is InChI=1S/C19H11N3O/c20-22-21-19(23)17-11-13-10-9-12-5-1-2-6-14(12)18(13)16-8-4-3-7-15(16)17/h1-11H. The number of fused-ring (bicyclic) bond motifs is 5. The molecule has 0 aliphatic rings. The van der Waals surface area contributed by atoms with Gasteiger partial charge < -0.3 is 0 Å². The number of carbonyl (C=O) groups excluding carboxylic acids is 1. The molecule has 0 bridgehead atoms. The summed E-state index contributed by atoms with van der Waals surface area (Å²) in [6.07, 6.45) is 0. The molecule has 0 aliphatic heterocycles. The largest absolute Gasteiger partial charge is 0.287 e. The number of carbonyl (C=O) groups is 1. The summed E-state index contributed by atoms with van der Waals surface area (Å²) in [6, 6.07) is 21.7. The quantitative estimate of drug-likeness (QED) is 0.195. The number of amides is 1. The third kappa shape index (κ3) is 2.01. The van der Waals surface area contributed by atoms with Crippen molar-refractivity contribution in [3.63, 3.8) is 0 Å². The first-order chi connectivity index (χ1) is 11.3. The molecular formula is C19H11N3O. The zero-order chi connectivity index (χ0) is 15.8. The maximum Gasteiger partial charge on any atom is 0.249 e. The Morgan fingerprint density at radius 1 is 0.826 bits per heavy atom. The Bertz CT molecular complexity index is 1140. The van der Waals surface area contributed by atoms with Crippen LogP contribution in [0.4, 0.5) is 0 Å². The molecule has 0 spiro atoms. The van der Waals surface area contributed by atoms with E-state index in [4.69, 9.17) is 5.53 Å². The van der Waals surface area contributed by atoms with Crippen molar-refractivity contribution >= 4 is 38.2 Å². The first-order valence-corrected chi connectivity index (χ1v) is 7.22. The number of nitrogens with zero attached hydrogens (tertiary/aromatic N) is 3. The third-order valence-electron chi connectivity index (χ3n) is 4.11. The van der Waals surface area contributed by atoms with E-state index >= 15 is 0 Å². The second kappa shape index (κ2) is 5.13. The van der Waals surface area contributed by atoms with Gasteiger partial charge in [0.2, 0.25) is 5.91 Å². The Hall–Kier alpha value is -3.36. The fraction of sp³-hybridized carbons (Fsp3) is 0. The summed E-state index contributed by atoms with van der Waals surface area (Å²) in [6.45, 7) is 0. The highest BCUT2D eigenvalue weighted by atomic mass is 16.1. The molecule has 0 unspecified atom stereocenters. The molecule has 0 aromatic heterocycles. The predicted octanol–water partition coefficient (Wildman–Crippen LogP) is 5.60. The first-order valence-electron chi connectivity index (χ1n) is 7.22. The van der Waals surface area contributed by atoms with E-state index in [9.17, 15) is 4.79 Å². The second-order valence-corrected chi connectivity index (χ2v) is 5.35. The summed E-state index contributed by atoms with van der Waals surface area (Å²) in [5.74, 6) is -0.557. The van der Waals surface area contributed by atoms with Crippen LogP contribution in [0.5, 0.6) is 0 Å². The van der Waals surface area contributed by atoms with Gasteiger partial charge in [0, 0.05) is 10.5 Å². The van der Waals surface area contributed by atoms with Crippen molar-refractivity contribution in [2.45, 2.75) is 0 Å². The SMILES string of the molecule is [N-]=[N+]=NC(=O)c1cc2ccc3ccccc3c2c2ccccc12. The fourth-order valence-electron chi connectivity index (χ4n) is 3.15. The number of benzene rings is 4. The lowest BCUT2D eigenvalue weighted by Crippen LogP contribution is -1.96. The van der Waals surface area contributed by atoms with Crippen LogP contribution < -0.4 is 0 Å². The molecule has 23 heavy (non-hydrogen) atoms. The van der Waals surface area contributed by atoms with Crippen molar-refractivity contribution in [3.8, 4) is 0 Å². The van der Waals surface area contributed by atoms with Gasteiger partial charge >= 0.3 is 0 Å². The van der Waals surface area contributed by atoms with Crippen molar-refractivity contribution in [2.24, 2.45) is 5.11 Å². The number of hydrogen-bond acceptors (Lipinski definition) is 1. The summed E-state index contributed by atoms with van der Waals surface area (Å²) in [7, 11) is 0. The van der Waals surface area contributed by atoms with E-state index in [-0.39, 0.29) is 0 Å². The smallest absolute Gasteiger partial charge is 0.249 e. The Morgan fingerprint density at radius 2 is 1.48 bits per heavy atom. The summed E-state index contributed by atoms with van der Waals surface area (Å²) in [4.78, 5) is 14.8. The van der Waals surface area contributed by atoms with E-state index in [1.807, 2.05) is 48.5 Å². The normalized spacial score (nSPS) is 10.8. The monoisotopic (exact) mass is 297 g/mol. The van der Waals surface area contributed by atoms with E-state index in [0.29, 0.717) is 5.56 Å². The van der Waals surface area contributed by atoms with E-state index in [1.54, 1.807) is 6.07 Å². The lowest BCUT2D eigenvalue weighted by atomic mass is 9.93. The number of azide groups is 1. The van der Waals surface area contributed by atoms with Crippen molar-refractivity contribution in [2.75, 3.05) is 0 Å². The minimum absolute atomic E-state index is 0.432. The molecule has 4 heteroatoms. The summed E-state index contributed by atoms with van der Waals surface area (Å²) in [5, 5.41) is 9.40. The predicted molar refractivity (Wildman–Crippen MR) is 92.4 cm³/mol. The maximum absolute atomic E-state index is 12.1. The third-order valence-corrected chi connectivity index (χ3v) is 4.11. The highest BCUT2D eigenvalue weighted by molar-refractivity contribution is 6.24. The molecule has 4 aromatic carbocycles. The van der Waals surface area contributed by atoms with Gasteiger partial charge in [-0.3, -0.25) is 4.79 Å². The Morgan fingerprint density at radius 3 is 2.26 bits per heavy atom. The van der Waals surface area contributed by atoms with Crippen LogP contribution in [0, 0.1) is 0 Å². The number of rotatable bonds is 1. The summed E-state index contributed by atoms with van der Waals surface area (Å²) >= 11 is 0. The van der Waals surface area contributed by atoms with Crippen LogP contribution in [0.15, 0.2) is 71.8 Å². The van der Waals surface area contributed by atoms with Gasteiger partial charge in [-0.15, -0.1) is 0 Å². The average molecular weight is 297 g/mol. The highest BCUT2D eigenvalue weighted by Gasteiger charge is 2.13. The molecule has 108 valence electrons. The van der Waals surface area contributed by atoms with Gasteiger partial charge in [0.1, 0.15) is 0 Å². The molecular weight excluding hydrogens is 286 g/mol. The lowest BCUT2D eigenvalue weighted by Gasteiger charge is -2.11. The Balaban J connectivity index is 2.25. The first kappa shape index (κ1) is 13.3. The highest BCUT2D eigenvalue weighted by Crippen LogP contribution is 2.34. The zero-order valence-corrected chi connectivity index (χ0v) is 12.1. The van der Waals surface area contributed by atoms with E-state index in [0.717, 1.165) is 32.3 Å². The number of hydrogen-bond donors (Lipinski definition) is 0. The fourth-order valence-corrected chi connectivity index (χ4v) is 3.15. The van der Waals surface area contributed by atoms with Gasteiger partial charge in [0.15, 0.2) is 0 Å². The molecule has 0 aliphatic carbocycles. The van der Waals surface area contributed by atoms with Crippen molar-refractivity contribution in [1.82, 2.24) is 0 Å². The van der Waals surface area contributed by atoms with Crippen LogP contribution in [0.1, 0.15) is 10.4 Å². The molecule has 0 saturated carbocycles. The topological polar surface area (TPSA) is 65.8 Å². The van der Waals surface area contributed by atoms with Crippen molar-refractivity contribution in [3.05, 3.63) is 82.7 Å². The van der Waals surface area contributed by atoms with E-state index in [2.05, 4.69) is 22.2 Å².